The van der Waals surface area contributed by atoms with Crippen LogP contribution in [0.25, 0.3) is 0 Å². The van der Waals surface area contributed by atoms with Gasteiger partial charge in [-0.15, -0.1) is 0 Å². The topological polar surface area (TPSA) is 48.7 Å². The van der Waals surface area contributed by atoms with Crippen molar-refractivity contribution in [1.82, 2.24) is 4.98 Å². The predicted molar refractivity (Wildman–Crippen MR) is 76.9 cm³/mol. The number of nitrogens with zero attached hydrogens (tertiary/aromatic N) is 2. The highest BCUT2D eigenvalue weighted by Gasteiger charge is 2.04. The molecule has 0 saturated heterocycles. The van der Waals surface area contributed by atoms with Gasteiger partial charge >= 0.3 is 0 Å². The molecule has 0 spiro atoms. The summed E-state index contributed by atoms with van der Waals surface area (Å²) in [6.45, 7) is 3.11. The van der Waals surface area contributed by atoms with E-state index in [0.29, 0.717) is 11.6 Å². The van der Waals surface area contributed by atoms with E-state index < -0.39 is 0 Å². The minimum atomic E-state index is 0.445. The SMILES string of the molecule is CC(CCNc1ccnc(C#N)c1)c1ccccc1. The van der Waals surface area contributed by atoms with Gasteiger partial charge in [0.05, 0.1) is 0 Å². The fourth-order valence-electron chi connectivity index (χ4n) is 1.98. The smallest absolute Gasteiger partial charge is 0.142 e. The number of nitrogens with one attached hydrogen (secondary N) is 1. The highest BCUT2D eigenvalue weighted by molar-refractivity contribution is 5.45. The molecule has 1 aromatic heterocycles. The van der Waals surface area contributed by atoms with Gasteiger partial charge in [-0.2, -0.15) is 5.26 Å². The van der Waals surface area contributed by atoms with Crippen molar-refractivity contribution in [1.29, 1.82) is 5.26 Å². The maximum atomic E-state index is 8.78. The van der Waals surface area contributed by atoms with Crippen molar-refractivity contribution in [2.45, 2.75) is 19.3 Å². The van der Waals surface area contributed by atoms with Crippen LogP contribution < -0.4 is 5.32 Å². The van der Waals surface area contributed by atoms with Gasteiger partial charge < -0.3 is 5.32 Å². The molecule has 0 amide bonds. The van der Waals surface area contributed by atoms with E-state index >= 15 is 0 Å². The van der Waals surface area contributed by atoms with Crippen molar-refractivity contribution in [3.63, 3.8) is 0 Å². The lowest BCUT2D eigenvalue weighted by Crippen LogP contribution is -2.06. The molecule has 96 valence electrons. The summed E-state index contributed by atoms with van der Waals surface area (Å²) in [5.41, 5.74) is 2.75. The Hall–Kier alpha value is -2.34. The molecule has 0 bridgehead atoms. The normalized spacial score (nSPS) is 11.6. The van der Waals surface area contributed by atoms with Crippen molar-refractivity contribution in [2.24, 2.45) is 0 Å². The molecule has 0 aliphatic heterocycles. The van der Waals surface area contributed by atoms with Crippen molar-refractivity contribution in [2.75, 3.05) is 11.9 Å². The zero-order chi connectivity index (χ0) is 13.5. The summed E-state index contributed by atoms with van der Waals surface area (Å²) in [4.78, 5) is 3.95. The average Bonchev–Trinajstić information content (AvgIpc) is 2.48. The van der Waals surface area contributed by atoms with Crippen LogP contribution in [0.3, 0.4) is 0 Å². The van der Waals surface area contributed by atoms with Crippen molar-refractivity contribution in [3.05, 3.63) is 59.9 Å². The number of hydrogen-bond donors (Lipinski definition) is 1. The summed E-state index contributed by atoms with van der Waals surface area (Å²) < 4.78 is 0. The van der Waals surface area contributed by atoms with Crippen LogP contribution in [0, 0.1) is 11.3 Å². The zero-order valence-corrected chi connectivity index (χ0v) is 11.0. The van der Waals surface area contributed by atoms with E-state index in [2.05, 4.69) is 41.5 Å². The van der Waals surface area contributed by atoms with Gasteiger partial charge in [0.15, 0.2) is 0 Å². The molecule has 1 atom stereocenters. The largest absolute Gasteiger partial charge is 0.385 e. The summed E-state index contributed by atoms with van der Waals surface area (Å²) in [6.07, 6.45) is 2.70. The van der Waals surface area contributed by atoms with E-state index in [9.17, 15) is 0 Å². The Kier molecular flexibility index (Phi) is 4.52. The zero-order valence-electron chi connectivity index (χ0n) is 11.0. The van der Waals surface area contributed by atoms with E-state index in [0.717, 1.165) is 18.7 Å². The first-order valence-corrected chi connectivity index (χ1v) is 6.44. The second-order valence-corrected chi connectivity index (χ2v) is 4.57. The molecule has 0 fully saturated rings. The highest BCUT2D eigenvalue weighted by Crippen LogP contribution is 2.18. The van der Waals surface area contributed by atoms with Crippen molar-refractivity contribution < 1.29 is 0 Å². The molecule has 0 saturated carbocycles. The lowest BCUT2D eigenvalue weighted by molar-refractivity contribution is 0.706. The molecule has 0 aliphatic rings. The van der Waals surface area contributed by atoms with Gasteiger partial charge in [-0.3, -0.25) is 0 Å². The number of nitriles is 1. The second-order valence-electron chi connectivity index (χ2n) is 4.57. The van der Waals surface area contributed by atoms with Gasteiger partial charge in [-0.25, -0.2) is 4.98 Å². The summed E-state index contributed by atoms with van der Waals surface area (Å²) in [5, 5.41) is 12.1. The molecular formula is C16H17N3. The number of aromatic nitrogens is 1. The first kappa shape index (κ1) is 13.1. The van der Waals surface area contributed by atoms with Crippen LogP contribution in [0.4, 0.5) is 5.69 Å². The number of benzene rings is 1. The van der Waals surface area contributed by atoms with Gasteiger partial charge in [0.1, 0.15) is 11.8 Å². The van der Waals surface area contributed by atoms with Crippen LogP contribution in [0.5, 0.6) is 0 Å². The molecule has 2 rings (SSSR count). The van der Waals surface area contributed by atoms with Crippen molar-refractivity contribution in [3.8, 4) is 6.07 Å². The molecule has 19 heavy (non-hydrogen) atoms. The minimum Gasteiger partial charge on any atom is -0.385 e. The molecule has 1 unspecified atom stereocenters. The van der Waals surface area contributed by atoms with Crippen LogP contribution >= 0.6 is 0 Å². The van der Waals surface area contributed by atoms with Crippen LogP contribution in [-0.4, -0.2) is 11.5 Å². The maximum absolute atomic E-state index is 8.78. The molecule has 3 nitrogen and oxygen atoms in total. The highest BCUT2D eigenvalue weighted by atomic mass is 14.9. The molecular weight excluding hydrogens is 234 g/mol. The molecule has 0 radical (unpaired) electrons. The van der Waals surface area contributed by atoms with Gasteiger partial charge in [-0.1, -0.05) is 37.3 Å². The lowest BCUT2D eigenvalue weighted by Gasteiger charge is -2.13. The number of rotatable bonds is 5. The molecule has 1 heterocycles. The van der Waals surface area contributed by atoms with Gasteiger partial charge in [-0.05, 0) is 30.0 Å². The van der Waals surface area contributed by atoms with E-state index in [1.54, 1.807) is 12.3 Å². The third kappa shape index (κ3) is 3.82. The molecule has 1 aromatic carbocycles. The Balaban J connectivity index is 1.85. The van der Waals surface area contributed by atoms with Crippen molar-refractivity contribution >= 4 is 5.69 Å². The summed E-state index contributed by atoms with van der Waals surface area (Å²) >= 11 is 0. The Morgan fingerprint density at radius 1 is 1.26 bits per heavy atom. The molecule has 3 heteroatoms. The Morgan fingerprint density at radius 2 is 2.05 bits per heavy atom. The Bertz CT molecular complexity index is 558. The monoisotopic (exact) mass is 251 g/mol. The summed E-state index contributed by atoms with van der Waals surface area (Å²) in [7, 11) is 0. The van der Waals surface area contributed by atoms with E-state index in [4.69, 9.17) is 5.26 Å². The van der Waals surface area contributed by atoms with Gasteiger partial charge in [0.2, 0.25) is 0 Å². The second kappa shape index (κ2) is 6.55. The van der Waals surface area contributed by atoms with E-state index in [1.807, 2.05) is 18.2 Å². The first-order chi connectivity index (χ1) is 9.29. The molecule has 2 aromatic rings. The Labute approximate surface area is 113 Å². The fourth-order valence-corrected chi connectivity index (χ4v) is 1.98. The van der Waals surface area contributed by atoms with Crippen LogP contribution in [0.1, 0.15) is 30.5 Å². The van der Waals surface area contributed by atoms with Crippen LogP contribution in [-0.2, 0) is 0 Å². The molecule has 0 aliphatic carbocycles. The third-order valence-corrected chi connectivity index (χ3v) is 3.15. The van der Waals surface area contributed by atoms with Gasteiger partial charge in [0.25, 0.3) is 0 Å². The summed E-state index contributed by atoms with van der Waals surface area (Å²) in [5.74, 6) is 0.519. The standard InChI is InChI=1S/C16H17N3/c1-13(14-5-3-2-4-6-14)7-9-18-15-8-10-19-16(11-15)12-17/h2-6,8,10-11,13H,7,9H2,1H3,(H,18,19). The number of anilines is 1. The minimum absolute atomic E-state index is 0.445. The van der Waals surface area contributed by atoms with Gasteiger partial charge in [0, 0.05) is 18.4 Å². The quantitative estimate of drug-likeness (QED) is 0.884. The van der Waals surface area contributed by atoms with Crippen LogP contribution in [0.15, 0.2) is 48.7 Å². The lowest BCUT2D eigenvalue weighted by atomic mass is 9.98. The predicted octanol–water partition coefficient (Wildman–Crippen LogP) is 3.56. The summed E-state index contributed by atoms with van der Waals surface area (Å²) in [6, 6.07) is 16.2. The van der Waals surface area contributed by atoms with Crippen LogP contribution in [0.2, 0.25) is 0 Å². The first-order valence-electron chi connectivity index (χ1n) is 6.44. The average molecular weight is 251 g/mol. The third-order valence-electron chi connectivity index (χ3n) is 3.15. The van der Waals surface area contributed by atoms with E-state index in [-0.39, 0.29) is 0 Å². The number of pyridine rings is 1. The Morgan fingerprint density at radius 3 is 2.79 bits per heavy atom. The number of hydrogen-bond acceptors (Lipinski definition) is 3. The fraction of sp³-hybridized carbons (Fsp3) is 0.250. The van der Waals surface area contributed by atoms with E-state index in [1.165, 1.54) is 5.56 Å². The maximum Gasteiger partial charge on any atom is 0.142 e. The molecule has 1 N–H and O–H groups in total.